The summed E-state index contributed by atoms with van der Waals surface area (Å²) in [4.78, 5) is 0. The zero-order valence-corrected chi connectivity index (χ0v) is 20.1. The highest BCUT2D eigenvalue weighted by molar-refractivity contribution is 6.99. The van der Waals surface area contributed by atoms with Crippen LogP contribution >= 0.6 is 0 Å². The summed E-state index contributed by atoms with van der Waals surface area (Å²) < 4.78 is 6.92. The number of benzene rings is 2. The molecule has 0 aromatic heterocycles. The van der Waals surface area contributed by atoms with Crippen LogP contribution in [0.5, 0.6) is 0 Å². The molecule has 164 valence electrons. The maximum Gasteiger partial charge on any atom is 0.261 e. The molecule has 2 N–H and O–H groups in total. The Balaban J connectivity index is 2.38. The Morgan fingerprint density at radius 2 is 1.40 bits per heavy atom. The lowest BCUT2D eigenvalue weighted by Crippen LogP contribution is -2.67. The molecule has 2 aromatic carbocycles. The van der Waals surface area contributed by atoms with E-state index in [0.29, 0.717) is 13.0 Å². The maximum absolute atomic E-state index is 10.9. The first-order valence-corrected chi connectivity index (χ1v) is 12.8. The van der Waals surface area contributed by atoms with Crippen molar-refractivity contribution in [1.29, 1.82) is 0 Å². The molecule has 0 fully saturated rings. The summed E-state index contributed by atoms with van der Waals surface area (Å²) in [6.07, 6.45) is 0.906. The highest BCUT2D eigenvalue weighted by Gasteiger charge is 2.50. The molecular formula is C26H38O3Si. The largest absolute Gasteiger partial charge is 0.407 e. The molecule has 0 amide bonds. The van der Waals surface area contributed by atoms with E-state index in [9.17, 15) is 10.2 Å². The number of hydrogen-bond donors (Lipinski definition) is 2. The molecule has 3 nitrogen and oxygen atoms in total. The standard InChI is InChI=1S/C26H38O3Si/c1-7-14-24(27)21(3)25(28)20(2)19-29-30(26(4,5)6,22-15-10-8-11-16-22)23-17-12-9-13-18-23/h7-13,15-18,20-21,24-25,27-28H,1,14,19H2,2-6H3/t20-,21-,24-,25+/m1/s1. The van der Waals surface area contributed by atoms with Crippen molar-refractivity contribution in [2.45, 2.75) is 58.3 Å². The Morgan fingerprint density at radius 1 is 0.933 bits per heavy atom. The van der Waals surface area contributed by atoms with Gasteiger partial charge in [0.15, 0.2) is 0 Å². The predicted octanol–water partition coefficient (Wildman–Crippen LogP) is 4.13. The summed E-state index contributed by atoms with van der Waals surface area (Å²) in [5, 5.41) is 23.5. The Bertz CT molecular complexity index is 730. The van der Waals surface area contributed by atoms with Gasteiger partial charge < -0.3 is 14.6 Å². The van der Waals surface area contributed by atoms with Gasteiger partial charge in [0, 0.05) is 18.4 Å². The topological polar surface area (TPSA) is 49.7 Å². The molecule has 0 bridgehead atoms. The van der Waals surface area contributed by atoms with Crippen molar-refractivity contribution in [1.82, 2.24) is 0 Å². The van der Waals surface area contributed by atoms with Crippen molar-refractivity contribution in [2.24, 2.45) is 11.8 Å². The highest BCUT2D eigenvalue weighted by atomic mass is 28.4. The lowest BCUT2D eigenvalue weighted by Gasteiger charge is -2.44. The van der Waals surface area contributed by atoms with Gasteiger partial charge in [0.1, 0.15) is 0 Å². The lowest BCUT2D eigenvalue weighted by molar-refractivity contribution is -0.0162. The molecule has 2 aromatic rings. The van der Waals surface area contributed by atoms with Crippen LogP contribution in [0, 0.1) is 11.8 Å². The third-order valence-corrected chi connectivity index (χ3v) is 11.1. The SMILES string of the molecule is C=CC[C@@H](O)[C@@H](C)[C@@H](O)[C@H](C)CO[Si](c1ccccc1)(c1ccccc1)C(C)(C)C. The molecule has 0 unspecified atom stereocenters. The average molecular weight is 427 g/mol. The molecule has 30 heavy (non-hydrogen) atoms. The van der Waals surface area contributed by atoms with E-state index in [2.05, 4.69) is 75.9 Å². The minimum atomic E-state index is -2.62. The van der Waals surface area contributed by atoms with Crippen LogP contribution < -0.4 is 10.4 Å². The van der Waals surface area contributed by atoms with Crippen molar-refractivity contribution in [3.63, 3.8) is 0 Å². The summed E-state index contributed by atoms with van der Waals surface area (Å²) in [7, 11) is -2.62. The van der Waals surface area contributed by atoms with E-state index in [0.717, 1.165) is 0 Å². The van der Waals surface area contributed by atoms with Gasteiger partial charge in [-0.25, -0.2) is 0 Å². The van der Waals surface area contributed by atoms with Gasteiger partial charge in [-0.2, -0.15) is 0 Å². The van der Waals surface area contributed by atoms with Crippen LogP contribution in [-0.2, 0) is 4.43 Å². The first kappa shape index (κ1) is 24.5. The summed E-state index contributed by atoms with van der Waals surface area (Å²) in [6.45, 7) is 14.7. The van der Waals surface area contributed by atoms with Gasteiger partial charge in [-0.15, -0.1) is 6.58 Å². The maximum atomic E-state index is 10.9. The molecule has 2 rings (SSSR count). The summed E-state index contributed by atoms with van der Waals surface area (Å²) in [6, 6.07) is 21.0. The summed E-state index contributed by atoms with van der Waals surface area (Å²) >= 11 is 0. The van der Waals surface area contributed by atoms with Crippen LogP contribution in [0.4, 0.5) is 0 Å². The van der Waals surface area contributed by atoms with Crippen LogP contribution in [0.15, 0.2) is 73.3 Å². The van der Waals surface area contributed by atoms with E-state index in [-0.39, 0.29) is 16.9 Å². The second-order valence-electron chi connectivity index (χ2n) is 9.39. The van der Waals surface area contributed by atoms with Crippen molar-refractivity contribution in [2.75, 3.05) is 6.61 Å². The van der Waals surface area contributed by atoms with Gasteiger partial charge in [-0.1, -0.05) is 101 Å². The Kier molecular flexibility index (Phi) is 8.62. The molecule has 0 spiro atoms. The molecule has 0 saturated heterocycles. The number of aliphatic hydroxyl groups is 2. The molecule has 4 heteroatoms. The zero-order chi connectivity index (χ0) is 22.4. The first-order valence-electron chi connectivity index (χ1n) is 10.9. The Morgan fingerprint density at radius 3 is 1.80 bits per heavy atom. The van der Waals surface area contributed by atoms with E-state index >= 15 is 0 Å². The molecular weight excluding hydrogens is 388 g/mol. The second kappa shape index (κ2) is 10.5. The second-order valence-corrected chi connectivity index (χ2v) is 13.7. The van der Waals surface area contributed by atoms with Gasteiger partial charge >= 0.3 is 0 Å². The van der Waals surface area contributed by atoms with Crippen molar-refractivity contribution >= 4 is 18.7 Å². The summed E-state index contributed by atoms with van der Waals surface area (Å²) in [5.74, 6) is -0.359. The monoisotopic (exact) mass is 426 g/mol. The predicted molar refractivity (Wildman–Crippen MR) is 129 cm³/mol. The normalized spacial score (nSPS) is 16.5. The van der Waals surface area contributed by atoms with Gasteiger partial charge in [-0.3, -0.25) is 0 Å². The van der Waals surface area contributed by atoms with Crippen LogP contribution in [0.2, 0.25) is 5.04 Å². The smallest absolute Gasteiger partial charge is 0.261 e. The zero-order valence-electron chi connectivity index (χ0n) is 19.1. The number of aliphatic hydroxyl groups excluding tert-OH is 2. The first-order chi connectivity index (χ1) is 14.1. The quantitative estimate of drug-likeness (QED) is 0.444. The fourth-order valence-electron chi connectivity index (χ4n) is 4.25. The molecule has 0 aliphatic carbocycles. The summed E-state index contributed by atoms with van der Waals surface area (Å²) in [5.41, 5.74) is 0. The van der Waals surface area contributed by atoms with Gasteiger partial charge in [0.25, 0.3) is 8.32 Å². The van der Waals surface area contributed by atoms with Gasteiger partial charge in [-0.05, 0) is 21.8 Å². The van der Waals surface area contributed by atoms with E-state index in [1.165, 1.54) is 10.4 Å². The molecule has 0 aliphatic heterocycles. The Hall–Kier alpha value is -1.72. The molecule has 0 aliphatic rings. The minimum absolute atomic E-state index is 0.103. The van der Waals surface area contributed by atoms with E-state index in [1.54, 1.807) is 6.08 Å². The lowest BCUT2D eigenvalue weighted by atomic mass is 9.88. The number of hydrogen-bond acceptors (Lipinski definition) is 3. The van der Waals surface area contributed by atoms with Crippen molar-refractivity contribution in [3.05, 3.63) is 73.3 Å². The van der Waals surface area contributed by atoms with Crippen molar-refractivity contribution in [3.8, 4) is 0 Å². The highest BCUT2D eigenvalue weighted by Crippen LogP contribution is 2.37. The van der Waals surface area contributed by atoms with Crippen LogP contribution in [-0.4, -0.2) is 37.3 Å². The fourth-order valence-corrected chi connectivity index (χ4v) is 8.92. The van der Waals surface area contributed by atoms with Crippen LogP contribution in [0.3, 0.4) is 0 Å². The average Bonchev–Trinajstić information content (AvgIpc) is 2.73. The fraction of sp³-hybridized carbons (Fsp3) is 0.462. The van der Waals surface area contributed by atoms with Crippen LogP contribution in [0.25, 0.3) is 0 Å². The van der Waals surface area contributed by atoms with Gasteiger partial charge in [0.05, 0.1) is 12.2 Å². The van der Waals surface area contributed by atoms with Crippen LogP contribution in [0.1, 0.15) is 41.0 Å². The Labute approximate surface area is 183 Å². The third kappa shape index (κ3) is 5.30. The molecule has 0 radical (unpaired) electrons. The molecule has 0 heterocycles. The van der Waals surface area contributed by atoms with E-state index < -0.39 is 20.5 Å². The van der Waals surface area contributed by atoms with E-state index in [4.69, 9.17) is 4.43 Å². The number of rotatable bonds is 10. The molecule has 4 atom stereocenters. The minimum Gasteiger partial charge on any atom is -0.407 e. The molecule has 0 saturated carbocycles. The third-order valence-electron chi connectivity index (χ3n) is 6.12. The van der Waals surface area contributed by atoms with E-state index in [1.807, 2.05) is 26.0 Å². The van der Waals surface area contributed by atoms with Gasteiger partial charge in [0.2, 0.25) is 0 Å². The van der Waals surface area contributed by atoms with Crippen molar-refractivity contribution < 1.29 is 14.6 Å².